The lowest BCUT2D eigenvalue weighted by Gasteiger charge is -2.31. The Balaban J connectivity index is 1.52. The largest absolute Gasteiger partial charge is 0.462 e. The van der Waals surface area contributed by atoms with Crippen molar-refractivity contribution in [1.29, 1.82) is 0 Å². The number of thiophene rings is 1. The molecular weight excluding hydrogens is 472 g/mol. The molecule has 1 fully saturated rings. The summed E-state index contributed by atoms with van der Waals surface area (Å²) in [5.41, 5.74) is 2.48. The van der Waals surface area contributed by atoms with Gasteiger partial charge in [-0.1, -0.05) is 24.6 Å². The number of hydrogen-bond donors (Lipinski definition) is 1. The fourth-order valence-corrected chi connectivity index (χ4v) is 7.39. The van der Waals surface area contributed by atoms with Crippen molar-refractivity contribution in [2.24, 2.45) is 5.92 Å². The van der Waals surface area contributed by atoms with Crippen molar-refractivity contribution in [3.8, 4) is 0 Å². The first-order chi connectivity index (χ1) is 16.3. The van der Waals surface area contributed by atoms with E-state index in [4.69, 9.17) is 4.74 Å². The maximum atomic E-state index is 13.2. The van der Waals surface area contributed by atoms with Gasteiger partial charge in [-0.3, -0.25) is 4.79 Å². The van der Waals surface area contributed by atoms with E-state index < -0.39 is 15.9 Å². The Morgan fingerprint density at radius 1 is 1.15 bits per heavy atom. The Kier molecular flexibility index (Phi) is 7.74. The SMILES string of the molecule is CCCOC(=O)c1c(NC(=O)[C@H]2CCCN(S(=O)(=O)c3ccc(C)cc3)C2)sc2c1CCCC2. The summed E-state index contributed by atoms with van der Waals surface area (Å²) in [6.45, 7) is 4.71. The van der Waals surface area contributed by atoms with E-state index in [0.717, 1.165) is 48.1 Å². The second-order valence-electron chi connectivity index (χ2n) is 9.06. The van der Waals surface area contributed by atoms with Crippen molar-refractivity contribution in [3.05, 3.63) is 45.8 Å². The lowest BCUT2D eigenvalue weighted by molar-refractivity contribution is -0.120. The summed E-state index contributed by atoms with van der Waals surface area (Å²) in [6.07, 6.45) is 5.73. The average Bonchev–Trinajstić information content (AvgIpc) is 3.20. The fourth-order valence-electron chi connectivity index (χ4n) is 4.58. The molecule has 1 N–H and O–H groups in total. The normalized spacial score (nSPS) is 18.8. The Morgan fingerprint density at radius 3 is 2.62 bits per heavy atom. The molecule has 0 radical (unpaired) electrons. The number of esters is 1. The van der Waals surface area contributed by atoms with Crippen LogP contribution in [-0.2, 0) is 32.4 Å². The summed E-state index contributed by atoms with van der Waals surface area (Å²) >= 11 is 1.46. The number of aryl methyl sites for hydroxylation is 2. The Bertz CT molecular complexity index is 1150. The first-order valence-electron chi connectivity index (χ1n) is 12.0. The van der Waals surface area contributed by atoms with Crippen molar-refractivity contribution in [1.82, 2.24) is 4.31 Å². The van der Waals surface area contributed by atoms with Crippen LogP contribution in [0.25, 0.3) is 0 Å². The van der Waals surface area contributed by atoms with E-state index in [-0.39, 0.29) is 23.3 Å². The third-order valence-electron chi connectivity index (χ3n) is 6.46. The summed E-state index contributed by atoms with van der Waals surface area (Å²) in [5, 5.41) is 3.51. The minimum atomic E-state index is -3.67. The maximum absolute atomic E-state index is 13.2. The molecule has 1 amide bonds. The van der Waals surface area contributed by atoms with Gasteiger partial charge in [0.05, 0.1) is 23.0 Å². The van der Waals surface area contributed by atoms with E-state index >= 15 is 0 Å². The summed E-state index contributed by atoms with van der Waals surface area (Å²) in [4.78, 5) is 27.4. The molecule has 1 atom stereocenters. The number of piperidine rings is 1. The lowest BCUT2D eigenvalue weighted by Crippen LogP contribution is -2.43. The number of carbonyl (C=O) groups excluding carboxylic acids is 2. The van der Waals surface area contributed by atoms with Gasteiger partial charge in [0.2, 0.25) is 15.9 Å². The van der Waals surface area contributed by atoms with Gasteiger partial charge >= 0.3 is 5.97 Å². The summed E-state index contributed by atoms with van der Waals surface area (Å²) in [7, 11) is -3.67. The number of rotatable bonds is 7. The van der Waals surface area contributed by atoms with E-state index in [9.17, 15) is 18.0 Å². The van der Waals surface area contributed by atoms with Crippen molar-refractivity contribution in [2.45, 2.75) is 63.7 Å². The number of anilines is 1. The average molecular weight is 505 g/mol. The van der Waals surface area contributed by atoms with E-state index in [1.807, 2.05) is 13.8 Å². The first-order valence-corrected chi connectivity index (χ1v) is 14.3. The predicted molar refractivity (Wildman–Crippen MR) is 133 cm³/mol. The number of carbonyl (C=O) groups is 2. The molecule has 0 unspecified atom stereocenters. The Hall–Kier alpha value is -2.23. The second-order valence-corrected chi connectivity index (χ2v) is 12.1. The van der Waals surface area contributed by atoms with Crippen LogP contribution in [0.2, 0.25) is 0 Å². The van der Waals surface area contributed by atoms with E-state index in [0.29, 0.717) is 36.6 Å². The number of nitrogens with zero attached hydrogens (tertiary/aromatic N) is 1. The Morgan fingerprint density at radius 2 is 1.88 bits per heavy atom. The van der Waals surface area contributed by atoms with Crippen LogP contribution in [0.4, 0.5) is 5.00 Å². The van der Waals surface area contributed by atoms with Gasteiger partial charge in [-0.25, -0.2) is 13.2 Å². The van der Waals surface area contributed by atoms with Crippen LogP contribution in [0, 0.1) is 12.8 Å². The molecule has 2 aliphatic rings. The van der Waals surface area contributed by atoms with Crippen molar-refractivity contribution in [3.63, 3.8) is 0 Å². The Labute approximate surface area is 205 Å². The molecule has 0 spiro atoms. The molecular formula is C25H32N2O5S2. The third-order valence-corrected chi connectivity index (χ3v) is 9.55. The fraction of sp³-hybridized carbons (Fsp3) is 0.520. The summed E-state index contributed by atoms with van der Waals surface area (Å²) < 4.78 is 33.1. The van der Waals surface area contributed by atoms with Crippen molar-refractivity contribution >= 4 is 38.2 Å². The zero-order valence-corrected chi connectivity index (χ0v) is 21.4. The van der Waals surface area contributed by atoms with Gasteiger partial charge in [0.15, 0.2) is 0 Å². The molecule has 1 saturated heterocycles. The van der Waals surface area contributed by atoms with E-state index in [1.165, 1.54) is 15.6 Å². The molecule has 9 heteroatoms. The number of sulfonamides is 1. The summed E-state index contributed by atoms with van der Waals surface area (Å²) in [5.74, 6) is -1.11. The molecule has 184 valence electrons. The maximum Gasteiger partial charge on any atom is 0.341 e. The highest BCUT2D eigenvalue weighted by molar-refractivity contribution is 7.89. The second kappa shape index (κ2) is 10.6. The van der Waals surface area contributed by atoms with Gasteiger partial charge in [0, 0.05) is 18.0 Å². The van der Waals surface area contributed by atoms with Crippen LogP contribution >= 0.6 is 11.3 Å². The lowest BCUT2D eigenvalue weighted by atomic mass is 9.95. The molecule has 1 aromatic carbocycles. The van der Waals surface area contributed by atoms with Crippen LogP contribution < -0.4 is 5.32 Å². The van der Waals surface area contributed by atoms with Crippen LogP contribution in [0.5, 0.6) is 0 Å². The highest BCUT2D eigenvalue weighted by atomic mass is 32.2. The van der Waals surface area contributed by atoms with E-state index in [2.05, 4.69) is 5.32 Å². The number of fused-ring (bicyclic) bond motifs is 1. The van der Waals surface area contributed by atoms with Crippen molar-refractivity contribution < 1.29 is 22.7 Å². The summed E-state index contributed by atoms with van der Waals surface area (Å²) in [6, 6.07) is 6.77. The molecule has 1 aliphatic heterocycles. The molecule has 4 rings (SSSR count). The number of amides is 1. The van der Waals surface area contributed by atoms with Crippen LogP contribution in [0.1, 0.15) is 65.4 Å². The monoisotopic (exact) mass is 504 g/mol. The molecule has 0 saturated carbocycles. The third kappa shape index (κ3) is 5.21. The minimum Gasteiger partial charge on any atom is -0.462 e. The van der Waals surface area contributed by atoms with Crippen LogP contribution in [-0.4, -0.2) is 44.3 Å². The smallest absolute Gasteiger partial charge is 0.341 e. The van der Waals surface area contributed by atoms with Gasteiger partial charge in [0.1, 0.15) is 5.00 Å². The highest BCUT2D eigenvalue weighted by Crippen LogP contribution is 2.39. The first kappa shape index (κ1) is 24.9. The van der Waals surface area contributed by atoms with Gasteiger partial charge < -0.3 is 10.1 Å². The van der Waals surface area contributed by atoms with Crippen LogP contribution in [0.3, 0.4) is 0 Å². The molecule has 0 bridgehead atoms. The standard InChI is InChI=1S/C25H32N2O5S2/c1-3-15-32-25(29)22-20-8-4-5-9-21(20)33-24(22)26-23(28)18-7-6-14-27(16-18)34(30,31)19-12-10-17(2)11-13-19/h10-13,18H,3-9,14-16H2,1-2H3,(H,26,28)/t18-/m0/s1. The zero-order valence-electron chi connectivity index (χ0n) is 19.8. The molecule has 1 aliphatic carbocycles. The number of ether oxygens (including phenoxy) is 1. The zero-order chi connectivity index (χ0) is 24.3. The molecule has 2 heterocycles. The number of benzene rings is 1. The minimum absolute atomic E-state index is 0.128. The number of nitrogens with one attached hydrogen (secondary N) is 1. The predicted octanol–water partition coefficient (Wildman–Crippen LogP) is 4.54. The van der Waals surface area contributed by atoms with Gasteiger partial charge in [-0.2, -0.15) is 4.31 Å². The topological polar surface area (TPSA) is 92.8 Å². The molecule has 1 aromatic heterocycles. The molecule has 2 aromatic rings. The van der Waals surface area contributed by atoms with Crippen LogP contribution in [0.15, 0.2) is 29.2 Å². The van der Waals surface area contributed by atoms with E-state index in [1.54, 1.807) is 24.3 Å². The highest BCUT2D eigenvalue weighted by Gasteiger charge is 2.35. The quantitative estimate of drug-likeness (QED) is 0.559. The van der Waals surface area contributed by atoms with Crippen molar-refractivity contribution in [2.75, 3.05) is 25.0 Å². The van der Waals surface area contributed by atoms with Gasteiger partial charge in [-0.05, 0) is 69.6 Å². The number of hydrogen-bond acceptors (Lipinski definition) is 6. The molecule has 7 nitrogen and oxygen atoms in total. The van der Waals surface area contributed by atoms with Gasteiger partial charge in [0.25, 0.3) is 0 Å². The van der Waals surface area contributed by atoms with Gasteiger partial charge in [-0.15, -0.1) is 11.3 Å². The molecule has 34 heavy (non-hydrogen) atoms.